The topological polar surface area (TPSA) is 21.3 Å². The van der Waals surface area contributed by atoms with Gasteiger partial charge in [0, 0.05) is 24.3 Å². The monoisotopic (exact) mass is 311 g/mol. The van der Waals surface area contributed by atoms with Gasteiger partial charge in [0.2, 0.25) is 0 Å². The van der Waals surface area contributed by atoms with Crippen LogP contribution in [-0.2, 0) is 11.2 Å². The lowest BCUT2D eigenvalue weighted by Gasteiger charge is -2.26. The molecular formula is C18H30ClNO. The summed E-state index contributed by atoms with van der Waals surface area (Å²) < 4.78 is 5.14. The van der Waals surface area contributed by atoms with Crippen LogP contribution in [0.2, 0.25) is 5.02 Å². The lowest BCUT2D eigenvalue weighted by atomic mass is 9.93. The molecule has 0 aliphatic rings. The molecule has 0 heterocycles. The van der Waals surface area contributed by atoms with E-state index in [1.54, 1.807) is 7.11 Å². The molecular weight excluding hydrogens is 282 g/mol. The van der Waals surface area contributed by atoms with E-state index < -0.39 is 0 Å². The first-order valence-electron chi connectivity index (χ1n) is 7.90. The Morgan fingerprint density at radius 3 is 2.52 bits per heavy atom. The van der Waals surface area contributed by atoms with Crippen LogP contribution in [0.1, 0.15) is 45.6 Å². The predicted octanol–water partition coefficient (Wildman–Crippen LogP) is 4.70. The van der Waals surface area contributed by atoms with Crippen LogP contribution in [0, 0.1) is 5.92 Å². The number of ether oxygens (including phenoxy) is 1. The fourth-order valence-electron chi connectivity index (χ4n) is 2.38. The third kappa shape index (κ3) is 8.45. The van der Waals surface area contributed by atoms with Crippen molar-refractivity contribution < 1.29 is 4.74 Å². The molecule has 0 spiro atoms. The highest BCUT2D eigenvalue weighted by Gasteiger charge is 2.15. The zero-order valence-electron chi connectivity index (χ0n) is 13.9. The summed E-state index contributed by atoms with van der Waals surface area (Å²) in [4.78, 5) is 0. The molecule has 21 heavy (non-hydrogen) atoms. The molecule has 1 atom stereocenters. The highest BCUT2D eigenvalue weighted by atomic mass is 35.5. The summed E-state index contributed by atoms with van der Waals surface area (Å²) in [5.41, 5.74) is 1.41. The first-order chi connectivity index (χ1) is 9.92. The van der Waals surface area contributed by atoms with Crippen molar-refractivity contribution in [2.24, 2.45) is 5.92 Å². The minimum Gasteiger partial charge on any atom is -0.385 e. The number of nitrogens with one attached hydrogen (secondary N) is 1. The summed E-state index contributed by atoms with van der Waals surface area (Å²) in [6, 6.07) is 8.19. The van der Waals surface area contributed by atoms with Gasteiger partial charge in [-0.25, -0.2) is 0 Å². The van der Waals surface area contributed by atoms with E-state index in [-0.39, 0.29) is 5.54 Å². The van der Waals surface area contributed by atoms with E-state index in [4.69, 9.17) is 16.3 Å². The number of benzene rings is 1. The molecule has 1 rings (SSSR count). The van der Waals surface area contributed by atoms with Crippen LogP contribution in [0.5, 0.6) is 0 Å². The van der Waals surface area contributed by atoms with Crippen molar-refractivity contribution in [1.82, 2.24) is 5.32 Å². The molecule has 0 saturated carbocycles. The summed E-state index contributed by atoms with van der Waals surface area (Å²) in [7, 11) is 1.77. The Bertz CT molecular complexity index is 400. The van der Waals surface area contributed by atoms with Gasteiger partial charge in [0.25, 0.3) is 0 Å². The van der Waals surface area contributed by atoms with Gasteiger partial charge >= 0.3 is 0 Å². The second-order valence-electron chi connectivity index (χ2n) is 6.78. The maximum atomic E-state index is 6.30. The van der Waals surface area contributed by atoms with E-state index in [0.717, 1.165) is 31.0 Å². The minimum absolute atomic E-state index is 0.158. The Labute approximate surface area is 135 Å². The van der Waals surface area contributed by atoms with Gasteiger partial charge in [0.05, 0.1) is 0 Å². The molecule has 0 radical (unpaired) electrons. The summed E-state index contributed by atoms with van der Waals surface area (Å²) in [6.07, 6.45) is 4.58. The second kappa shape index (κ2) is 9.45. The zero-order valence-corrected chi connectivity index (χ0v) is 14.7. The van der Waals surface area contributed by atoms with Crippen LogP contribution < -0.4 is 5.32 Å². The predicted molar refractivity (Wildman–Crippen MR) is 92.1 cm³/mol. The largest absolute Gasteiger partial charge is 0.385 e. The summed E-state index contributed by atoms with van der Waals surface area (Å²) in [5.74, 6) is 0.612. The highest BCUT2D eigenvalue weighted by Crippen LogP contribution is 2.22. The van der Waals surface area contributed by atoms with Crippen LogP contribution in [0.15, 0.2) is 24.3 Å². The Kier molecular flexibility index (Phi) is 8.31. The van der Waals surface area contributed by atoms with Gasteiger partial charge in [-0.3, -0.25) is 0 Å². The van der Waals surface area contributed by atoms with Crippen molar-refractivity contribution in [3.8, 4) is 0 Å². The van der Waals surface area contributed by atoms with E-state index >= 15 is 0 Å². The smallest absolute Gasteiger partial charge is 0.0462 e. The summed E-state index contributed by atoms with van der Waals surface area (Å²) in [6.45, 7) is 8.52. The Morgan fingerprint density at radius 2 is 1.90 bits per heavy atom. The number of halogens is 1. The number of hydrogen-bond acceptors (Lipinski definition) is 2. The van der Waals surface area contributed by atoms with Crippen LogP contribution in [0.3, 0.4) is 0 Å². The maximum absolute atomic E-state index is 6.30. The molecule has 1 aromatic carbocycles. The lowest BCUT2D eigenvalue weighted by molar-refractivity contribution is 0.189. The molecule has 0 bridgehead atoms. The summed E-state index contributed by atoms with van der Waals surface area (Å²) in [5, 5.41) is 4.51. The van der Waals surface area contributed by atoms with Gasteiger partial charge < -0.3 is 10.1 Å². The maximum Gasteiger partial charge on any atom is 0.0462 e. The zero-order chi connectivity index (χ0) is 15.7. The Hall–Kier alpha value is -0.570. The van der Waals surface area contributed by atoms with Crippen molar-refractivity contribution in [3.05, 3.63) is 34.9 Å². The molecule has 0 fully saturated rings. The number of rotatable bonds is 9. The molecule has 0 aliphatic carbocycles. The Morgan fingerprint density at radius 1 is 1.19 bits per heavy atom. The van der Waals surface area contributed by atoms with E-state index in [1.165, 1.54) is 18.4 Å². The fraction of sp³-hybridized carbons (Fsp3) is 0.667. The van der Waals surface area contributed by atoms with Crippen LogP contribution in [-0.4, -0.2) is 25.8 Å². The van der Waals surface area contributed by atoms with Crippen LogP contribution in [0.4, 0.5) is 0 Å². The van der Waals surface area contributed by atoms with Crippen molar-refractivity contribution in [1.29, 1.82) is 0 Å². The molecule has 120 valence electrons. The molecule has 0 aliphatic heterocycles. The minimum atomic E-state index is 0.158. The average molecular weight is 312 g/mol. The fourth-order valence-corrected chi connectivity index (χ4v) is 2.59. The SMILES string of the molecule is COCCCCC(CNC(C)(C)C)Cc1ccccc1Cl. The van der Waals surface area contributed by atoms with Crippen molar-refractivity contribution in [3.63, 3.8) is 0 Å². The molecule has 0 aromatic heterocycles. The van der Waals surface area contributed by atoms with Crippen molar-refractivity contribution in [2.75, 3.05) is 20.3 Å². The molecule has 0 saturated heterocycles. The number of methoxy groups -OCH3 is 1. The van der Waals surface area contributed by atoms with E-state index in [0.29, 0.717) is 5.92 Å². The second-order valence-corrected chi connectivity index (χ2v) is 7.19. The van der Waals surface area contributed by atoms with Gasteiger partial charge in [-0.15, -0.1) is 0 Å². The lowest BCUT2D eigenvalue weighted by Crippen LogP contribution is -2.39. The van der Waals surface area contributed by atoms with Gasteiger partial charge in [0.15, 0.2) is 0 Å². The number of hydrogen-bond donors (Lipinski definition) is 1. The first-order valence-corrected chi connectivity index (χ1v) is 8.27. The van der Waals surface area contributed by atoms with Gasteiger partial charge in [-0.05, 0) is 64.1 Å². The molecule has 2 nitrogen and oxygen atoms in total. The Balaban J connectivity index is 2.56. The van der Waals surface area contributed by atoms with Crippen LogP contribution >= 0.6 is 11.6 Å². The molecule has 1 aromatic rings. The number of unbranched alkanes of at least 4 members (excludes halogenated alkanes) is 1. The average Bonchev–Trinajstić information content (AvgIpc) is 2.42. The normalized spacial score (nSPS) is 13.4. The standard InChI is InChI=1S/C18H30ClNO/c1-18(2,3)20-14-15(9-7-8-12-21-4)13-16-10-5-6-11-17(16)19/h5-6,10-11,15,20H,7-9,12-14H2,1-4H3. The molecule has 0 amide bonds. The third-order valence-electron chi connectivity index (χ3n) is 3.60. The van der Waals surface area contributed by atoms with Crippen LogP contribution in [0.25, 0.3) is 0 Å². The molecule has 1 N–H and O–H groups in total. The third-order valence-corrected chi connectivity index (χ3v) is 3.97. The van der Waals surface area contributed by atoms with E-state index in [9.17, 15) is 0 Å². The van der Waals surface area contributed by atoms with Crippen molar-refractivity contribution in [2.45, 2.75) is 52.0 Å². The highest BCUT2D eigenvalue weighted by molar-refractivity contribution is 6.31. The quantitative estimate of drug-likeness (QED) is 0.667. The van der Waals surface area contributed by atoms with E-state index in [1.807, 2.05) is 12.1 Å². The van der Waals surface area contributed by atoms with Crippen molar-refractivity contribution >= 4 is 11.6 Å². The molecule has 1 unspecified atom stereocenters. The van der Waals surface area contributed by atoms with Gasteiger partial charge in [-0.1, -0.05) is 36.2 Å². The first kappa shape index (κ1) is 18.5. The van der Waals surface area contributed by atoms with Gasteiger partial charge in [0.1, 0.15) is 0 Å². The van der Waals surface area contributed by atoms with E-state index in [2.05, 4.69) is 38.2 Å². The molecule has 3 heteroatoms. The van der Waals surface area contributed by atoms with Gasteiger partial charge in [-0.2, -0.15) is 0 Å². The summed E-state index contributed by atoms with van der Waals surface area (Å²) >= 11 is 6.30.